The van der Waals surface area contributed by atoms with Crippen molar-refractivity contribution in [3.8, 4) is 0 Å². The fourth-order valence-corrected chi connectivity index (χ4v) is 7.05. The molecular weight excluding hydrogens is 494 g/mol. The topological polar surface area (TPSA) is 115 Å². The van der Waals surface area contributed by atoms with Crippen molar-refractivity contribution < 1.29 is 19.4 Å². The molecule has 4 N–H and O–H groups in total. The van der Waals surface area contributed by atoms with Gasteiger partial charge in [-0.25, -0.2) is 4.79 Å². The molecule has 3 aliphatic rings. The molecule has 198 valence electrons. The van der Waals surface area contributed by atoms with E-state index in [2.05, 4.69) is 26.6 Å². The SMILES string of the molecule is NC1CCN(C(=O)OCC2(O)Cn3c4ccccc4c4c5c(c6c7ccccc7n(c6c43)C2)C(=O)NC5)CC1. The minimum absolute atomic E-state index is 0.0682. The van der Waals surface area contributed by atoms with Crippen molar-refractivity contribution in [1.82, 2.24) is 19.4 Å². The van der Waals surface area contributed by atoms with Gasteiger partial charge in [-0.1, -0.05) is 36.4 Å². The summed E-state index contributed by atoms with van der Waals surface area (Å²) in [6.07, 6.45) is 1.07. The third kappa shape index (κ3) is 3.14. The minimum Gasteiger partial charge on any atom is -0.446 e. The number of nitrogens with two attached hydrogens (primary N) is 1. The molecule has 3 aromatic carbocycles. The molecule has 5 aromatic rings. The number of carbonyl (C=O) groups is 2. The molecule has 2 aromatic heterocycles. The van der Waals surface area contributed by atoms with Crippen LogP contribution in [0.25, 0.3) is 43.6 Å². The Morgan fingerprint density at radius 2 is 1.56 bits per heavy atom. The van der Waals surface area contributed by atoms with Crippen molar-refractivity contribution in [3.63, 3.8) is 0 Å². The molecule has 0 radical (unpaired) electrons. The van der Waals surface area contributed by atoms with Crippen molar-refractivity contribution in [2.75, 3.05) is 19.7 Å². The van der Waals surface area contributed by atoms with Crippen LogP contribution in [0, 0.1) is 0 Å². The zero-order chi connectivity index (χ0) is 26.5. The summed E-state index contributed by atoms with van der Waals surface area (Å²) in [6, 6.07) is 16.3. The molecule has 1 unspecified atom stereocenters. The van der Waals surface area contributed by atoms with Crippen LogP contribution in [0.2, 0.25) is 0 Å². The van der Waals surface area contributed by atoms with E-state index in [9.17, 15) is 14.7 Å². The number of para-hydroxylation sites is 2. The van der Waals surface area contributed by atoms with Crippen molar-refractivity contribution in [2.45, 2.75) is 44.1 Å². The Labute approximate surface area is 223 Å². The van der Waals surface area contributed by atoms with Crippen molar-refractivity contribution >= 4 is 55.6 Å². The van der Waals surface area contributed by atoms with E-state index in [4.69, 9.17) is 10.5 Å². The average molecular weight is 524 g/mol. The number of nitrogens with zero attached hydrogens (tertiary/aromatic N) is 3. The Bertz CT molecular complexity index is 1860. The highest BCUT2D eigenvalue weighted by atomic mass is 16.6. The maximum Gasteiger partial charge on any atom is 0.409 e. The van der Waals surface area contributed by atoms with Crippen LogP contribution in [-0.4, -0.2) is 62.5 Å². The highest BCUT2D eigenvalue weighted by Gasteiger charge is 2.39. The van der Waals surface area contributed by atoms with Gasteiger partial charge in [0, 0.05) is 58.3 Å². The van der Waals surface area contributed by atoms with Gasteiger partial charge in [-0.2, -0.15) is 0 Å². The number of hydrogen-bond acceptors (Lipinski definition) is 5. The van der Waals surface area contributed by atoms with Crippen LogP contribution in [0.15, 0.2) is 48.5 Å². The zero-order valence-corrected chi connectivity index (χ0v) is 21.4. The van der Waals surface area contributed by atoms with Crippen molar-refractivity contribution in [3.05, 3.63) is 59.7 Å². The van der Waals surface area contributed by atoms with E-state index in [1.165, 1.54) is 0 Å². The first-order chi connectivity index (χ1) is 18.9. The van der Waals surface area contributed by atoms with Crippen LogP contribution in [0.5, 0.6) is 0 Å². The lowest BCUT2D eigenvalue weighted by Crippen LogP contribution is -2.47. The van der Waals surface area contributed by atoms with Gasteiger partial charge in [0.15, 0.2) is 0 Å². The molecule has 5 heterocycles. The largest absolute Gasteiger partial charge is 0.446 e. The van der Waals surface area contributed by atoms with Gasteiger partial charge in [-0.15, -0.1) is 0 Å². The first kappa shape index (κ1) is 22.9. The molecule has 3 aliphatic heterocycles. The molecule has 1 atom stereocenters. The molecule has 9 nitrogen and oxygen atoms in total. The van der Waals surface area contributed by atoms with E-state index >= 15 is 0 Å². The standard InChI is InChI=1S/C30H29N5O4/c31-17-9-11-33(12-10-17)29(37)39-16-30(38)14-34-21-7-3-1-5-18(21)23-20-13-32-28(36)25(20)24-19-6-2-4-8-22(19)35(15-30)27(24)26(23)34/h1-8,17,38H,9-16,31H2,(H,32,36). The summed E-state index contributed by atoms with van der Waals surface area (Å²) < 4.78 is 10.1. The van der Waals surface area contributed by atoms with Gasteiger partial charge in [-0.05, 0) is 30.5 Å². The first-order valence-corrected chi connectivity index (χ1v) is 13.6. The number of nitrogens with one attached hydrogen (secondary N) is 1. The predicted octanol–water partition coefficient (Wildman–Crippen LogP) is 3.45. The third-order valence-corrected chi connectivity index (χ3v) is 8.84. The van der Waals surface area contributed by atoms with Crippen LogP contribution in [0.3, 0.4) is 0 Å². The molecule has 0 bridgehead atoms. The third-order valence-electron chi connectivity index (χ3n) is 8.84. The summed E-state index contributed by atoms with van der Waals surface area (Å²) in [4.78, 5) is 27.9. The number of rotatable bonds is 2. The van der Waals surface area contributed by atoms with Gasteiger partial charge in [0.2, 0.25) is 0 Å². The van der Waals surface area contributed by atoms with Gasteiger partial charge >= 0.3 is 6.09 Å². The summed E-state index contributed by atoms with van der Waals surface area (Å²) in [5, 5.41) is 19.2. The number of ether oxygens (including phenoxy) is 1. The number of amides is 2. The number of benzene rings is 3. The second-order valence-corrected chi connectivity index (χ2v) is 11.3. The molecular formula is C30H29N5O4. The normalized spacial score (nSPS) is 21.3. The van der Waals surface area contributed by atoms with Crippen LogP contribution in [0.1, 0.15) is 28.8 Å². The number of aliphatic hydroxyl groups is 1. The number of hydrogen-bond donors (Lipinski definition) is 3. The summed E-state index contributed by atoms with van der Waals surface area (Å²) in [7, 11) is 0. The van der Waals surface area contributed by atoms with E-state index in [0.29, 0.717) is 19.6 Å². The number of carbonyl (C=O) groups excluding carboxylic acids is 2. The van der Waals surface area contributed by atoms with Crippen LogP contribution in [-0.2, 0) is 24.4 Å². The monoisotopic (exact) mass is 523 g/mol. The van der Waals surface area contributed by atoms with E-state index in [1.54, 1.807) is 4.90 Å². The van der Waals surface area contributed by atoms with Crippen molar-refractivity contribution in [1.29, 1.82) is 0 Å². The molecule has 0 spiro atoms. The lowest BCUT2D eigenvalue weighted by atomic mass is 9.97. The molecule has 2 amide bonds. The summed E-state index contributed by atoms with van der Waals surface area (Å²) >= 11 is 0. The number of likely N-dealkylation sites (tertiary alicyclic amines) is 1. The van der Waals surface area contributed by atoms with Gasteiger partial charge < -0.3 is 34.9 Å². The van der Waals surface area contributed by atoms with E-state index in [-0.39, 0.29) is 31.6 Å². The predicted molar refractivity (Wildman–Crippen MR) is 149 cm³/mol. The molecule has 1 saturated heterocycles. The van der Waals surface area contributed by atoms with Crippen LogP contribution < -0.4 is 11.1 Å². The van der Waals surface area contributed by atoms with Crippen molar-refractivity contribution in [2.24, 2.45) is 5.73 Å². The maximum atomic E-state index is 13.3. The van der Waals surface area contributed by atoms with Gasteiger partial charge in [0.25, 0.3) is 5.91 Å². The highest BCUT2D eigenvalue weighted by molar-refractivity contribution is 6.30. The van der Waals surface area contributed by atoms with E-state index in [1.807, 2.05) is 36.4 Å². The number of fused-ring (bicyclic) bond motifs is 9. The summed E-state index contributed by atoms with van der Waals surface area (Å²) in [5.41, 5.74) is 10.2. The Morgan fingerprint density at radius 1 is 0.974 bits per heavy atom. The molecule has 0 aliphatic carbocycles. The molecule has 8 rings (SSSR count). The average Bonchev–Trinajstić information content (AvgIpc) is 3.55. The van der Waals surface area contributed by atoms with Gasteiger partial charge in [0.1, 0.15) is 12.2 Å². The Hall–Kier alpha value is -4.08. The minimum atomic E-state index is -1.38. The Morgan fingerprint density at radius 3 is 2.23 bits per heavy atom. The smallest absolute Gasteiger partial charge is 0.409 e. The molecule has 39 heavy (non-hydrogen) atoms. The van der Waals surface area contributed by atoms with Crippen LogP contribution in [0.4, 0.5) is 4.79 Å². The number of aromatic nitrogens is 2. The van der Waals surface area contributed by atoms with E-state index < -0.39 is 11.7 Å². The van der Waals surface area contributed by atoms with E-state index in [0.717, 1.165) is 67.6 Å². The van der Waals surface area contributed by atoms with Gasteiger partial charge in [0.05, 0.1) is 29.7 Å². The quantitative estimate of drug-likeness (QED) is 0.328. The fraction of sp³-hybridized carbons (Fsp3) is 0.333. The fourth-order valence-electron chi connectivity index (χ4n) is 7.05. The van der Waals surface area contributed by atoms with Crippen LogP contribution >= 0.6 is 0 Å². The first-order valence-electron chi connectivity index (χ1n) is 13.6. The lowest BCUT2D eigenvalue weighted by molar-refractivity contribution is -0.0492. The molecule has 1 fully saturated rings. The molecule has 0 saturated carbocycles. The van der Waals surface area contributed by atoms with Gasteiger partial charge in [-0.3, -0.25) is 4.79 Å². The Balaban J connectivity index is 1.35. The highest BCUT2D eigenvalue weighted by Crippen LogP contribution is 2.46. The summed E-state index contributed by atoms with van der Waals surface area (Å²) in [6.45, 7) is 1.91. The molecule has 9 heteroatoms. The lowest BCUT2D eigenvalue weighted by Gasteiger charge is -2.32. The second kappa shape index (κ2) is 7.97. The number of piperidine rings is 1. The summed E-state index contributed by atoms with van der Waals surface area (Å²) in [5.74, 6) is -0.0682. The zero-order valence-electron chi connectivity index (χ0n) is 21.4. The maximum absolute atomic E-state index is 13.3. The second-order valence-electron chi connectivity index (χ2n) is 11.3. The Kier molecular flexibility index (Phi) is 4.67.